The minimum Gasteiger partial charge on any atom is -0.391 e. The van der Waals surface area contributed by atoms with E-state index in [0.717, 1.165) is 35.3 Å². The van der Waals surface area contributed by atoms with Gasteiger partial charge in [0.15, 0.2) is 0 Å². The van der Waals surface area contributed by atoms with E-state index in [1.165, 1.54) is 11.1 Å². The van der Waals surface area contributed by atoms with E-state index in [-0.39, 0.29) is 0 Å². The van der Waals surface area contributed by atoms with Crippen molar-refractivity contribution in [2.45, 2.75) is 26.3 Å². The fourth-order valence-electron chi connectivity index (χ4n) is 3.66. The molecular formula is C31H31N3O2. The van der Waals surface area contributed by atoms with Crippen LogP contribution in [0.3, 0.4) is 0 Å². The lowest BCUT2D eigenvalue weighted by molar-refractivity contribution is 0.132. The van der Waals surface area contributed by atoms with Gasteiger partial charge in [0.1, 0.15) is 13.2 Å². The second-order valence-electron chi connectivity index (χ2n) is 8.64. The Kier molecular flexibility index (Phi) is 9.41. The number of benzene rings is 4. The summed E-state index contributed by atoms with van der Waals surface area (Å²) < 4.78 is 0. The van der Waals surface area contributed by atoms with Crippen LogP contribution in [0.2, 0.25) is 0 Å². The molecule has 0 saturated heterocycles. The average molecular weight is 478 g/mol. The standard InChI is InChI=1S/C31H31N3O2/c1-34(22-28-12-16-30(17-13-28)24-35-32-20-26-8-4-2-5-9-26)23-29-14-18-31(19-15-29)25-36-33-21-27-10-6-3-7-11-27/h2-21H,22-25H2,1H3/b32-20+,33-21+. The Hall–Kier alpha value is -4.22. The maximum atomic E-state index is 5.43. The molecule has 0 amide bonds. The third-order valence-electron chi connectivity index (χ3n) is 5.57. The molecular weight excluding hydrogens is 446 g/mol. The SMILES string of the molecule is CN(Cc1ccc(CO/N=C/c2ccccc2)cc1)Cc1ccc(CO/N=C/c2ccccc2)cc1. The van der Waals surface area contributed by atoms with Crippen molar-refractivity contribution in [3.63, 3.8) is 0 Å². The summed E-state index contributed by atoms with van der Waals surface area (Å²) in [4.78, 5) is 13.2. The van der Waals surface area contributed by atoms with Crippen LogP contribution >= 0.6 is 0 Å². The van der Waals surface area contributed by atoms with Gasteiger partial charge in [-0.25, -0.2) is 0 Å². The van der Waals surface area contributed by atoms with Gasteiger partial charge in [0, 0.05) is 13.1 Å². The summed E-state index contributed by atoms with van der Waals surface area (Å²) in [5.74, 6) is 0. The van der Waals surface area contributed by atoms with Gasteiger partial charge in [0.25, 0.3) is 0 Å². The van der Waals surface area contributed by atoms with Crippen LogP contribution in [0.4, 0.5) is 0 Å². The molecule has 0 aliphatic rings. The summed E-state index contributed by atoms with van der Waals surface area (Å²) in [6.45, 7) is 2.64. The summed E-state index contributed by atoms with van der Waals surface area (Å²) in [5.41, 5.74) is 6.75. The number of hydrogen-bond donors (Lipinski definition) is 0. The minimum atomic E-state index is 0.451. The first-order valence-electron chi connectivity index (χ1n) is 12.0. The molecule has 5 heteroatoms. The highest BCUT2D eigenvalue weighted by Gasteiger charge is 2.03. The Labute approximate surface area is 213 Å². The van der Waals surface area contributed by atoms with Gasteiger partial charge in [-0.3, -0.25) is 4.90 Å². The first-order chi connectivity index (χ1) is 17.7. The molecule has 0 N–H and O–H groups in total. The largest absolute Gasteiger partial charge is 0.391 e. The van der Waals surface area contributed by atoms with E-state index in [1.54, 1.807) is 12.4 Å². The molecule has 0 aliphatic heterocycles. The molecule has 0 unspecified atom stereocenters. The smallest absolute Gasteiger partial charge is 0.142 e. The molecule has 0 bridgehead atoms. The van der Waals surface area contributed by atoms with Gasteiger partial charge in [-0.2, -0.15) is 0 Å². The van der Waals surface area contributed by atoms with Crippen molar-refractivity contribution in [1.29, 1.82) is 0 Å². The highest BCUT2D eigenvalue weighted by Crippen LogP contribution is 2.12. The molecule has 0 saturated carbocycles. The molecule has 5 nitrogen and oxygen atoms in total. The molecule has 0 fully saturated rings. The molecule has 0 spiro atoms. The Morgan fingerprint density at radius 3 is 1.28 bits per heavy atom. The lowest BCUT2D eigenvalue weighted by Crippen LogP contribution is -2.17. The summed E-state index contributed by atoms with van der Waals surface area (Å²) in [5, 5.41) is 8.09. The van der Waals surface area contributed by atoms with Gasteiger partial charge in [-0.1, -0.05) is 120 Å². The molecule has 0 radical (unpaired) electrons. The molecule has 0 heterocycles. The van der Waals surface area contributed by atoms with E-state index in [2.05, 4.69) is 70.8 Å². The topological polar surface area (TPSA) is 46.4 Å². The van der Waals surface area contributed by atoms with Crippen molar-refractivity contribution in [3.8, 4) is 0 Å². The summed E-state index contributed by atoms with van der Waals surface area (Å²) in [7, 11) is 2.13. The lowest BCUT2D eigenvalue weighted by Gasteiger charge is -2.17. The number of oxime groups is 2. The Balaban J connectivity index is 1.17. The van der Waals surface area contributed by atoms with Crippen LogP contribution in [0.15, 0.2) is 120 Å². The molecule has 36 heavy (non-hydrogen) atoms. The van der Waals surface area contributed by atoms with E-state index in [9.17, 15) is 0 Å². The van der Waals surface area contributed by atoms with Gasteiger partial charge in [0.05, 0.1) is 12.4 Å². The van der Waals surface area contributed by atoms with Crippen LogP contribution < -0.4 is 0 Å². The molecule has 4 aromatic carbocycles. The minimum absolute atomic E-state index is 0.451. The average Bonchev–Trinajstić information content (AvgIpc) is 2.92. The van der Waals surface area contributed by atoms with Crippen molar-refractivity contribution in [2.75, 3.05) is 7.05 Å². The fraction of sp³-hybridized carbons (Fsp3) is 0.161. The predicted octanol–water partition coefficient (Wildman–Crippen LogP) is 6.42. The number of hydrogen-bond acceptors (Lipinski definition) is 5. The molecule has 0 aromatic heterocycles. The van der Waals surface area contributed by atoms with Crippen molar-refractivity contribution >= 4 is 12.4 Å². The zero-order valence-electron chi connectivity index (χ0n) is 20.5. The monoisotopic (exact) mass is 477 g/mol. The maximum Gasteiger partial charge on any atom is 0.142 e. The Morgan fingerprint density at radius 1 is 0.528 bits per heavy atom. The molecule has 182 valence electrons. The molecule has 0 aliphatic carbocycles. The number of nitrogens with zero attached hydrogens (tertiary/aromatic N) is 3. The molecule has 4 rings (SSSR count). The van der Waals surface area contributed by atoms with E-state index < -0.39 is 0 Å². The van der Waals surface area contributed by atoms with Crippen LogP contribution in [-0.4, -0.2) is 24.4 Å². The third-order valence-corrected chi connectivity index (χ3v) is 5.57. The van der Waals surface area contributed by atoms with Crippen molar-refractivity contribution < 1.29 is 9.68 Å². The zero-order valence-corrected chi connectivity index (χ0v) is 20.5. The predicted molar refractivity (Wildman–Crippen MR) is 146 cm³/mol. The van der Waals surface area contributed by atoms with Crippen LogP contribution in [0, 0.1) is 0 Å². The summed E-state index contributed by atoms with van der Waals surface area (Å²) >= 11 is 0. The van der Waals surface area contributed by atoms with E-state index in [0.29, 0.717) is 13.2 Å². The fourth-order valence-corrected chi connectivity index (χ4v) is 3.66. The highest BCUT2D eigenvalue weighted by atomic mass is 16.6. The molecule has 0 atom stereocenters. The van der Waals surface area contributed by atoms with Crippen LogP contribution in [-0.2, 0) is 36.0 Å². The first kappa shape index (κ1) is 24.9. The van der Waals surface area contributed by atoms with Crippen molar-refractivity contribution in [1.82, 2.24) is 4.90 Å². The summed E-state index contributed by atoms with van der Waals surface area (Å²) in [6, 6.07) is 36.8. The van der Waals surface area contributed by atoms with Crippen LogP contribution in [0.1, 0.15) is 33.4 Å². The normalized spacial score (nSPS) is 11.4. The van der Waals surface area contributed by atoms with Gasteiger partial charge in [-0.15, -0.1) is 0 Å². The van der Waals surface area contributed by atoms with E-state index in [1.807, 2.05) is 60.7 Å². The van der Waals surface area contributed by atoms with Gasteiger partial charge in [0.2, 0.25) is 0 Å². The second kappa shape index (κ2) is 13.6. The van der Waals surface area contributed by atoms with Crippen LogP contribution in [0.25, 0.3) is 0 Å². The van der Waals surface area contributed by atoms with Gasteiger partial charge in [-0.05, 0) is 40.4 Å². The zero-order chi connectivity index (χ0) is 24.8. The first-order valence-corrected chi connectivity index (χ1v) is 12.0. The Morgan fingerprint density at radius 2 is 0.889 bits per heavy atom. The van der Waals surface area contributed by atoms with Crippen molar-refractivity contribution in [2.24, 2.45) is 10.3 Å². The van der Waals surface area contributed by atoms with E-state index in [4.69, 9.17) is 9.68 Å². The van der Waals surface area contributed by atoms with Crippen LogP contribution in [0.5, 0.6) is 0 Å². The lowest BCUT2D eigenvalue weighted by atomic mass is 10.1. The second-order valence-corrected chi connectivity index (χ2v) is 8.64. The summed E-state index contributed by atoms with van der Waals surface area (Å²) in [6.07, 6.45) is 3.45. The maximum absolute atomic E-state index is 5.43. The highest BCUT2D eigenvalue weighted by molar-refractivity contribution is 5.79. The third kappa shape index (κ3) is 8.53. The van der Waals surface area contributed by atoms with Gasteiger partial charge >= 0.3 is 0 Å². The number of rotatable bonds is 12. The molecule has 4 aromatic rings. The van der Waals surface area contributed by atoms with Crippen molar-refractivity contribution in [3.05, 3.63) is 143 Å². The quantitative estimate of drug-likeness (QED) is 0.175. The van der Waals surface area contributed by atoms with Gasteiger partial charge < -0.3 is 9.68 Å². The Bertz CT molecular complexity index is 1120. The van der Waals surface area contributed by atoms with E-state index >= 15 is 0 Å².